The highest BCUT2D eigenvalue weighted by atomic mass is 16.5. The second-order valence-corrected chi connectivity index (χ2v) is 3.26. The molecule has 0 amide bonds. The van der Waals surface area contributed by atoms with Crippen LogP contribution in [0.15, 0.2) is 54.7 Å². The Bertz CT molecular complexity index is 505. The zero-order chi connectivity index (χ0) is 11.9. The number of benzene rings is 1. The van der Waals surface area contributed by atoms with Gasteiger partial charge in [-0.25, -0.2) is 4.68 Å². The number of hydrogen-bond acceptors (Lipinski definition) is 4. The van der Waals surface area contributed by atoms with Gasteiger partial charge in [0.2, 0.25) is 0 Å². The molecule has 0 saturated heterocycles. The molecule has 1 heterocycles. The van der Waals surface area contributed by atoms with E-state index in [0.717, 1.165) is 11.3 Å². The van der Waals surface area contributed by atoms with E-state index < -0.39 is 0 Å². The number of aromatic nitrogens is 3. The van der Waals surface area contributed by atoms with Gasteiger partial charge in [0.25, 0.3) is 0 Å². The number of ether oxygens (including phenoxy) is 1. The van der Waals surface area contributed by atoms with Gasteiger partial charge >= 0.3 is 0 Å². The highest BCUT2D eigenvalue weighted by Crippen LogP contribution is 2.11. The van der Waals surface area contributed by atoms with Crippen LogP contribution in [0.25, 0.3) is 0 Å². The van der Waals surface area contributed by atoms with Gasteiger partial charge in [-0.05, 0) is 17.7 Å². The van der Waals surface area contributed by atoms with Crippen molar-refractivity contribution >= 4 is 6.21 Å². The average molecular weight is 228 g/mol. The van der Waals surface area contributed by atoms with Crippen LogP contribution in [0.2, 0.25) is 0 Å². The quantitative estimate of drug-likeness (QED) is 0.578. The van der Waals surface area contributed by atoms with E-state index in [2.05, 4.69) is 21.9 Å². The molecule has 0 unspecified atom stereocenters. The van der Waals surface area contributed by atoms with Gasteiger partial charge < -0.3 is 4.74 Å². The van der Waals surface area contributed by atoms with Gasteiger partial charge in [0.05, 0.1) is 6.21 Å². The molecule has 5 heteroatoms. The molecule has 0 spiro atoms. The van der Waals surface area contributed by atoms with Crippen LogP contribution in [0.5, 0.6) is 5.75 Å². The summed E-state index contributed by atoms with van der Waals surface area (Å²) in [4.78, 5) is 0. The average Bonchev–Trinajstić information content (AvgIpc) is 2.87. The molecule has 0 saturated carbocycles. The summed E-state index contributed by atoms with van der Waals surface area (Å²) >= 11 is 0. The highest BCUT2D eigenvalue weighted by Gasteiger charge is 1.93. The first-order chi connectivity index (χ1) is 8.38. The standard InChI is InChI=1S/C12H12N4O/c1-2-6-17-12-5-3-4-11(7-12)8-15-16-9-13-14-10-16/h2-5,7-10H,1,6H2/b15-8-. The molecular weight excluding hydrogens is 216 g/mol. The second-order valence-electron chi connectivity index (χ2n) is 3.26. The maximum Gasteiger partial charge on any atom is 0.141 e. The third-order valence-electron chi connectivity index (χ3n) is 1.97. The Morgan fingerprint density at radius 3 is 2.94 bits per heavy atom. The Morgan fingerprint density at radius 2 is 2.18 bits per heavy atom. The molecular formula is C12H12N4O. The van der Waals surface area contributed by atoms with Crippen molar-refractivity contribution in [1.29, 1.82) is 0 Å². The van der Waals surface area contributed by atoms with Crippen LogP contribution in [-0.4, -0.2) is 27.7 Å². The minimum atomic E-state index is 0.492. The van der Waals surface area contributed by atoms with Crippen LogP contribution < -0.4 is 4.74 Å². The summed E-state index contributed by atoms with van der Waals surface area (Å²) in [5.74, 6) is 0.789. The predicted molar refractivity (Wildman–Crippen MR) is 65.1 cm³/mol. The Balaban J connectivity index is 2.08. The molecule has 0 bridgehead atoms. The molecule has 1 aromatic heterocycles. The molecule has 0 N–H and O–H groups in total. The van der Waals surface area contributed by atoms with Crippen LogP contribution in [0.4, 0.5) is 0 Å². The fourth-order valence-electron chi connectivity index (χ4n) is 1.23. The lowest BCUT2D eigenvalue weighted by Gasteiger charge is -2.03. The second kappa shape index (κ2) is 5.60. The van der Waals surface area contributed by atoms with Crippen molar-refractivity contribution in [3.63, 3.8) is 0 Å². The van der Waals surface area contributed by atoms with E-state index >= 15 is 0 Å². The monoisotopic (exact) mass is 228 g/mol. The van der Waals surface area contributed by atoms with Gasteiger partial charge in [-0.1, -0.05) is 24.8 Å². The summed E-state index contributed by atoms with van der Waals surface area (Å²) in [6.45, 7) is 4.09. The van der Waals surface area contributed by atoms with Crippen LogP contribution >= 0.6 is 0 Å². The summed E-state index contributed by atoms with van der Waals surface area (Å²) in [5.41, 5.74) is 0.945. The first-order valence-corrected chi connectivity index (χ1v) is 5.11. The van der Waals surface area contributed by atoms with Crippen molar-refractivity contribution in [2.45, 2.75) is 0 Å². The van der Waals surface area contributed by atoms with E-state index in [1.54, 1.807) is 12.3 Å². The number of rotatable bonds is 5. The molecule has 0 aliphatic carbocycles. The molecule has 0 atom stereocenters. The van der Waals surface area contributed by atoms with Crippen LogP contribution in [0.3, 0.4) is 0 Å². The van der Waals surface area contributed by atoms with Gasteiger partial charge in [0.1, 0.15) is 25.0 Å². The number of nitrogens with zero attached hydrogens (tertiary/aromatic N) is 4. The van der Waals surface area contributed by atoms with Crippen molar-refractivity contribution in [1.82, 2.24) is 14.9 Å². The predicted octanol–water partition coefficient (Wildman–Crippen LogP) is 1.73. The fourth-order valence-corrected chi connectivity index (χ4v) is 1.23. The van der Waals surface area contributed by atoms with Crippen molar-refractivity contribution in [2.75, 3.05) is 6.61 Å². The van der Waals surface area contributed by atoms with Crippen molar-refractivity contribution in [2.24, 2.45) is 5.10 Å². The maximum atomic E-state index is 5.42. The van der Waals surface area contributed by atoms with E-state index in [0.29, 0.717) is 6.61 Å². The summed E-state index contributed by atoms with van der Waals surface area (Å²) in [7, 11) is 0. The lowest BCUT2D eigenvalue weighted by atomic mass is 10.2. The topological polar surface area (TPSA) is 52.3 Å². The van der Waals surface area contributed by atoms with Gasteiger partial charge in [-0.15, -0.1) is 10.2 Å². The molecule has 2 aromatic rings. The molecule has 17 heavy (non-hydrogen) atoms. The molecule has 0 aliphatic rings. The Hall–Kier alpha value is -2.43. The molecule has 2 rings (SSSR count). The minimum Gasteiger partial charge on any atom is -0.490 e. The van der Waals surface area contributed by atoms with Crippen LogP contribution in [0, 0.1) is 0 Å². The Morgan fingerprint density at radius 1 is 1.35 bits per heavy atom. The van der Waals surface area contributed by atoms with Crippen molar-refractivity contribution < 1.29 is 4.74 Å². The van der Waals surface area contributed by atoms with Gasteiger partial charge in [0.15, 0.2) is 0 Å². The minimum absolute atomic E-state index is 0.492. The van der Waals surface area contributed by atoms with Crippen LogP contribution in [0.1, 0.15) is 5.56 Å². The molecule has 0 fully saturated rings. The Kier molecular flexibility index (Phi) is 3.64. The van der Waals surface area contributed by atoms with Gasteiger partial charge in [-0.3, -0.25) is 0 Å². The van der Waals surface area contributed by atoms with E-state index in [1.165, 1.54) is 17.3 Å². The first kappa shape index (κ1) is 11.1. The molecule has 0 aliphatic heterocycles. The normalized spacial score (nSPS) is 10.6. The summed E-state index contributed by atoms with van der Waals surface area (Å²) in [6.07, 6.45) is 6.46. The zero-order valence-electron chi connectivity index (χ0n) is 9.23. The van der Waals surface area contributed by atoms with Crippen LogP contribution in [-0.2, 0) is 0 Å². The van der Waals surface area contributed by atoms with E-state index in [4.69, 9.17) is 4.74 Å². The third-order valence-corrected chi connectivity index (χ3v) is 1.97. The van der Waals surface area contributed by atoms with E-state index in [-0.39, 0.29) is 0 Å². The van der Waals surface area contributed by atoms with Crippen molar-refractivity contribution in [3.05, 3.63) is 55.1 Å². The largest absolute Gasteiger partial charge is 0.490 e. The maximum absolute atomic E-state index is 5.42. The third kappa shape index (κ3) is 3.27. The van der Waals surface area contributed by atoms with Crippen molar-refractivity contribution in [3.8, 4) is 5.75 Å². The summed E-state index contributed by atoms with van der Waals surface area (Å²) in [5, 5.41) is 11.5. The summed E-state index contributed by atoms with van der Waals surface area (Å²) in [6, 6.07) is 7.64. The molecule has 5 nitrogen and oxygen atoms in total. The smallest absolute Gasteiger partial charge is 0.141 e. The lowest BCUT2D eigenvalue weighted by molar-refractivity contribution is 0.363. The van der Waals surface area contributed by atoms with E-state index in [1.807, 2.05) is 24.3 Å². The highest BCUT2D eigenvalue weighted by molar-refractivity contribution is 5.80. The SMILES string of the molecule is C=CCOc1cccc(/C=N\n2cnnc2)c1. The van der Waals surface area contributed by atoms with E-state index in [9.17, 15) is 0 Å². The molecule has 86 valence electrons. The number of hydrogen-bond donors (Lipinski definition) is 0. The van der Waals surface area contributed by atoms with Gasteiger partial charge in [0, 0.05) is 0 Å². The Labute approximate surface area is 99.1 Å². The summed E-state index contributed by atoms with van der Waals surface area (Å²) < 4.78 is 6.95. The molecule has 1 aromatic carbocycles. The zero-order valence-corrected chi connectivity index (χ0v) is 9.23. The fraction of sp³-hybridized carbons (Fsp3) is 0.0833. The lowest BCUT2D eigenvalue weighted by Crippen LogP contribution is -1.94. The first-order valence-electron chi connectivity index (χ1n) is 5.11. The van der Waals surface area contributed by atoms with Gasteiger partial charge in [-0.2, -0.15) is 5.10 Å². The molecule has 0 radical (unpaired) electrons.